The lowest BCUT2D eigenvalue weighted by atomic mass is 9.56. The third-order valence-electron chi connectivity index (χ3n) is 1.51. The molecule has 15 heavy (non-hydrogen) atoms. The van der Waals surface area contributed by atoms with Crippen molar-refractivity contribution < 1.29 is 4.74 Å². The Morgan fingerprint density at radius 3 is 1.73 bits per heavy atom. The zero-order chi connectivity index (χ0) is 12.3. The highest BCUT2D eigenvalue weighted by atomic mass is 32.2. The molecule has 0 aromatic heterocycles. The molecule has 0 spiro atoms. The summed E-state index contributed by atoms with van der Waals surface area (Å²) in [5, 5.41) is 0.391. The topological polar surface area (TPSA) is 9.23 Å². The molecule has 0 aliphatic carbocycles. The molecule has 0 amide bonds. The lowest BCUT2D eigenvalue weighted by Gasteiger charge is -2.31. The second-order valence-electron chi connectivity index (χ2n) is 6.32. The number of ether oxygens (including phenoxy) is 1. The summed E-state index contributed by atoms with van der Waals surface area (Å²) >= 11 is 1.88. The molecule has 1 nitrogen and oxygen atoms in total. The summed E-state index contributed by atoms with van der Waals surface area (Å²) in [6, 6.07) is 0. The Morgan fingerprint density at radius 1 is 1.00 bits per heavy atom. The van der Waals surface area contributed by atoms with Crippen molar-refractivity contribution in [2.75, 3.05) is 0 Å². The van der Waals surface area contributed by atoms with Crippen LogP contribution < -0.4 is 0 Å². The molecule has 0 rings (SSSR count). The molecule has 0 aliphatic heterocycles. The molecule has 1 atom stereocenters. The van der Waals surface area contributed by atoms with Crippen LogP contribution >= 0.6 is 11.8 Å². The summed E-state index contributed by atoms with van der Waals surface area (Å²) in [6.45, 7) is 17.5. The van der Waals surface area contributed by atoms with Crippen LogP contribution in [-0.2, 0) is 4.74 Å². The fourth-order valence-electron chi connectivity index (χ4n) is 1.13. The first kappa shape index (κ1) is 15.4. The summed E-state index contributed by atoms with van der Waals surface area (Å²) in [5.74, 6) is 0. The van der Waals surface area contributed by atoms with Gasteiger partial charge in [-0.2, -0.15) is 0 Å². The Bertz CT molecular complexity index is 163. The van der Waals surface area contributed by atoms with Gasteiger partial charge in [-0.15, -0.1) is 11.8 Å². The van der Waals surface area contributed by atoms with Gasteiger partial charge in [0.1, 0.15) is 0 Å². The monoisotopic (exact) mass is 229 g/mol. The van der Waals surface area contributed by atoms with Gasteiger partial charge in [-0.1, -0.05) is 46.9 Å². The van der Waals surface area contributed by atoms with Crippen LogP contribution in [0.5, 0.6) is 0 Å². The van der Waals surface area contributed by atoms with E-state index in [4.69, 9.17) is 4.74 Å². The zero-order valence-corrected chi connectivity index (χ0v) is 12.4. The second kappa shape index (κ2) is 5.63. The number of hydrogen-bond acceptors (Lipinski definition) is 2. The van der Waals surface area contributed by atoms with Crippen LogP contribution in [0.1, 0.15) is 55.4 Å². The van der Waals surface area contributed by atoms with Crippen molar-refractivity contribution in [3.05, 3.63) is 0 Å². The van der Waals surface area contributed by atoms with Crippen LogP contribution in [0.25, 0.3) is 0 Å². The van der Waals surface area contributed by atoms with Crippen LogP contribution in [0.3, 0.4) is 0 Å². The summed E-state index contributed by atoms with van der Waals surface area (Å²) in [7, 11) is 2.29. The summed E-state index contributed by atoms with van der Waals surface area (Å²) in [6.07, 6.45) is 0.281. The van der Waals surface area contributed by atoms with Crippen molar-refractivity contribution in [1.82, 2.24) is 0 Å². The number of hydrogen-bond donors (Lipinski definition) is 0. The van der Waals surface area contributed by atoms with Crippen LogP contribution in [-0.4, -0.2) is 23.5 Å². The average Bonchev–Trinajstić information content (AvgIpc) is 1.73. The molecule has 0 aromatic rings. The third-order valence-corrected chi connectivity index (χ3v) is 2.70. The molecule has 3 heteroatoms. The highest BCUT2D eigenvalue weighted by Gasteiger charge is 2.26. The van der Waals surface area contributed by atoms with Gasteiger partial charge in [0.15, 0.2) is 7.28 Å². The molecule has 0 saturated heterocycles. The zero-order valence-electron chi connectivity index (χ0n) is 11.5. The number of thioether (sulfide) groups is 1. The summed E-state index contributed by atoms with van der Waals surface area (Å²) in [5.41, 5.74) is 0. The standard InChI is InChI=1S/C12H26BOS/c1-9(2)14-10(13-11(3,4)5)15-12(6,7)8/h9-10H,1-8H3. The Kier molecular flexibility index (Phi) is 5.77. The average molecular weight is 229 g/mol. The van der Waals surface area contributed by atoms with Gasteiger partial charge >= 0.3 is 0 Å². The molecule has 0 N–H and O–H groups in total. The van der Waals surface area contributed by atoms with Crippen molar-refractivity contribution in [2.45, 2.75) is 76.9 Å². The van der Waals surface area contributed by atoms with Gasteiger partial charge in [0.25, 0.3) is 0 Å². The predicted molar refractivity (Wildman–Crippen MR) is 72.8 cm³/mol. The van der Waals surface area contributed by atoms with Gasteiger partial charge in [-0.3, -0.25) is 0 Å². The molecule has 1 unspecified atom stereocenters. The highest BCUT2D eigenvalue weighted by Crippen LogP contribution is 2.34. The van der Waals surface area contributed by atoms with Crippen LogP contribution in [0, 0.1) is 0 Å². The lowest BCUT2D eigenvalue weighted by Crippen LogP contribution is -2.30. The maximum Gasteiger partial charge on any atom is 0.170 e. The smallest absolute Gasteiger partial charge is 0.170 e. The van der Waals surface area contributed by atoms with Crippen LogP contribution in [0.4, 0.5) is 0 Å². The third kappa shape index (κ3) is 10.7. The largest absolute Gasteiger partial charge is 0.374 e. The van der Waals surface area contributed by atoms with Gasteiger partial charge < -0.3 is 4.74 Å². The van der Waals surface area contributed by atoms with Crippen molar-refractivity contribution in [3.63, 3.8) is 0 Å². The summed E-state index contributed by atoms with van der Waals surface area (Å²) < 4.78 is 6.15. The van der Waals surface area contributed by atoms with E-state index in [9.17, 15) is 0 Å². The fourth-order valence-corrected chi connectivity index (χ4v) is 2.58. The Labute approximate surface area is 101 Å². The van der Waals surface area contributed by atoms with Crippen molar-refractivity contribution in [3.8, 4) is 0 Å². The molecular weight excluding hydrogens is 203 g/mol. The Balaban J connectivity index is 4.32. The van der Waals surface area contributed by atoms with E-state index in [0.717, 1.165) is 0 Å². The number of rotatable bonds is 4. The highest BCUT2D eigenvalue weighted by molar-refractivity contribution is 8.02. The van der Waals surface area contributed by atoms with Crippen molar-refractivity contribution in [2.24, 2.45) is 0 Å². The van der Waals surface area contributed by atoms with E-state index in [1.807, 2.05) is 11.8 Å². The van der Waals surface area contributed by atoms with Crippen LogP contribution in [0.2, 0.25) is 5.31 Å². The fraction of sp³-hybridized carbons (Fsp3) is 1.00. The molecule has 1 radical (unpaired) electrons. The molecule has 0 saturated carbocycles. The molecule has 0 bridgehead atoms. The van der Waals surface area contributed by atoms with Gasteiger partial charge in [0.2, 0.25) is 0 Å². The van der Waals surface area contributed by atoms with Gasteiger partial charge in [0.05, 0.1) is 11.4 Å². The Morgan fingerprint density at radius 2 is 1.47 bits per heavy atom. The first-order chi connectivity index (χ1) is 6.49. The van der Waals surface area contributed by atoms with E-state index in [0.29, 0.717) is 0 Å². The van der Waals surface area contributed by atoms with E-state index in [-0.39, 0.29) is 21.5 Å². The molecular formula is C12H26BOS. The van der Waals surface area contributed by atoms with E-state index < -0.39 is 0 Å². The normalized spacial score (nSPS) is 15.5. The Hall–Kier alpha value is 0.375. The summed E-state index contributed by atoms with van der Waals surface area (Å²) in [4.78, 5) is 0. The molecule has 0 aromatic carbocycles. The maximum atomic E-state index is 5.91. The maximum absolute atomic E-state index is 5.91. The van der Waals surface area contributed by atoms with Crippen molar-refractivity contribution >= 4 is 19.0 Å². The quantitative estimate of drug-likeness (QED) is 0.529. The van der Waals surface area contributed by atoms with E-state index >= 15 is 0 Å². The van der Waals surface area contributed by atoms with Crippen molar-refractivity contribution in [1.29, 1.82) is 0 Å². The minimum absolute atomic E-state index is 0.185. The van der Waals surface area contributed by atoms with Gasteiger partial charge in [-0.25, -0.2) is 0 Å². The van der Waals surface area contributed by atoms with E-state index in [1.54, 1.807) is 0 Å². The first-order valence-corrected chi connectivity index (χ1v) is 6.57. The van der Waals surface area contributed by atoms with Gasteiger partial charge in [-0.05, 0) is 13.8 Å². The minimum Gasteiger partial charge on any atom is -0.374 e. The van der Waals surface area contributed by atoms with E-state index in [2.05, 4.69) is 62.7 Å². The second-order valence-corrected chi connectivity index (χ2v) is 8.24. The molecule has 0 aliphatic rings. The molecule has 0 heterocycles. The predicted octanol–water partition coefficient (Wildman–Crippen LogP) is 4.15. The van der Waals surface area contributed by atoms with Gasteiger partial charge in [0, 0.05) is 4.75 Å². The lowest BCUT2D eigenvalue weighted by molar-refractivity contribution is 0.0950. The minimum atomic E-state index is 0.185. The molecule has 89 valence electrons. The van der Waals surface area contributed by atoms with E-state index in [1.165, 1.54) is 0 Å². The first-order valence-electron chi connectivity index (χ1n) is 5.69. The molecule has 0 fully saturated rings. The van der Waals surface area contributed by atoms with Crippen LogP contribution in [0.15, 0.2) is 0 Å². The SMILES string of the molecule is CC(C)OC([B]C(C)(C)C)SC(C)(C)C.